The quantitative estimate of drug-likeness (QED) is 0.663. The third kappa shape index (κ3) is 4.61. The summed E-state index contributed by atoms with van der Waals surface area (Å²) in [5.74, 6) is -0.303. The van der Waals surface area contributed by atoms with Gasteiger partial charge >= 0.3 is 0 Å². The molecular weight excluding hydrogens is 383 g/mol. The smallest absolute Gasteiger partial charge is 0.240 e. The molecule has 4 nitrogen and oxygen atoms in total. The van der Waals surface area contributed by atoms with Crippen LogP contribution in [0.3, 0.4) is 0 Å². The first-order valence-electron chi connectivity index (χ1n) is 8.55. The standard InChI is InChI=1S/C20H21FN2O2S2/c1-13-7-8-19(14(2)11-13)27(24,25)22-10-9-18-15(3)23-20(26-18)16-5-4-6-17(21)12-16/h4-8,11-12,22H,9-10H2,1-3H3. The average molecular weight is 405 g/mol. The zero-order chi connectivity index (χ0) is 19.6. The van der Waals surface area contributed by atoms with Crippen molar-refractivity contribution in [3.8, 4) is 10.6 Å². The van der Waals surface area contributed by atoms with Crippen molar-refractivity contribution in [2.24, 2.45) is 0 Å². The molecule has 0 radical (unpaired) electrons. The van der Waals surface area contributed by atoms with E-state index in [9.17, 15) is 12.8 Å². The number of thiazole rings is 1. The van der Waals surface area contributed by atoms with Gasteiger partial charge in [0.25, 0.3) is 0 Å². The van der Waals surface area contributed by atoms with Gasteiger partial charge in [0, 0.05) is 17.0 Å². The largest absolute Gasteiger partial charge is 0.241 e. The molecule has 0 aliphatic carbocycles. The molecule has 3 rings (SSSR count). The van der Waals surface area contributed by atoms with Crippen molar-refractivity contribution in [3.05, 3.63) is 70.0 Å². The van der Waals surface area contributed by atoms with Crippen LogP contribution in [-0.4, -0.2) is 19.9 Å². The molecule has 27 heavy (non-hydrogen) atoms. The van der Waals surface area contributed by atoms with E-state index in [0.29, 0.717) is 11.3 Å². The first kappa shape index (κ1) is 19.7. The van der Waals surface area contributed by atoms with Gasteiger partial charge in [0.05, 0.1) is 10.6 Å². The Morgan fingerprint density at radius 3 is 2.59 bits per heavy atom. The molecule has 0 unspecified atom stereocenters. The lowest BCUT2D eigenvalue weighted by molar-refractivity contribution is 0.581. The van der Waals surface area contributed by atoms with Crippen molar-refractivity contribution < 1.29 is 12.8 Å². The Labute approximate surface area is 163 Å². The Bertz CT molecular complexity index is 1080. The number of hydrogen-bond acceptors (Lipinski definition) is 4. The van der Waals surface area contributed by atoms with Crippen LogP contribution in [0.25, 0.3) is 10.6 Å². The van der Waals surface area contributed by atoms with E-state index in [4.69, 9.17) is 0 Å². The second kappa shape index (κ2) is 7.88. The van der Waals surface area contributed by atoms with Gasteiger partial charge in [0.2, 0.25) is 10.0 Å². The maximum Gasteiger partial charge on any atom is 0.240 e. The fourth-order valence-electron chi connectivity index (χ4n) is 2.88. The van der Waals surface area contributed by atoms with Crippen molar-refractivity contribution in [2.75, 3.05) is 6.54 Å². The average Bonchev–Trinajstić information content (AvgIpc) is 2.95. The van der Waals surface area contributed by atoms with E-state index in [0.717, 1.165) is 32.3 Å². The predicted octanol–water partition coefficient (Wildman–Crippen LogP) is 4.40. The molecule has 7 heteroatoms. The van der Waals surface area contributed by atoms with Gasteiger partial charge < -0.3 is 0 Å². The summed E-state index contributed by atoms with van der Waals surface area (Å²) in [5, 5.41) is 0.735. The van der Waals surface area contributed by atoms with Crippen LogP contribution in [0.5, 0.6) is 0 Å². The number of aryl methyl sites for hydroxylation is 3. The van der Waals surface area contributed by atoms with Gasteiger partial charge in [-0.25, -0.2) is 22.5 Å². The highest BCUT2D eigenvalue weighted by Crippen LogP contribution is 2.28. The van der Waals surface area contributed by atoms with Crippen LogP contribution >= 0.6 is 11.3 Å². The fraction of sp³-hybridized carbons (Fsp3) is 0.250. The third-order valence-corrected chi connectivity index (χ3v) is 7.12. The topological polar surface area (TPSA) is 59.1 Å². The van der Waals surface area contributed by atoms with Crippen molar-refractivity contribution in [3.63, 3.8) is 0 Å². The summed E-state index contributed by atoms with van der Waals surface area (Å²) in [6.07, 6.45) is 0.531. The van der Waals surface area contributed by atoms with Crippen LogP contribution in [0.2, 0.25) is 0 Å². The Kier molecular flexibility index (Phi) is 5.74. The molecule has 1 aromatic heterocycles. The van der Waals surface area contributed by atoms with Gasteiger partial charge in [0.15, 0.2) is 0 Å². The van der Waals surface area contributed by atoms with Gasteiger partial charge in [-0.15, -0.1) is 11.3 Å². The van der Waals surface area contributed by atoms with Crippen molar-refractivity contribution in [1.29, 1.82) is 0 Å². The molecule has 142 valence electrons. The van der Waals surface area contributed by atoms with Gasteiger partial charge in [-0.05, 0) is 51.0 Å². The molecule has 0 aliphatic heterocycles. The Hall–Kier alpha value is -2.09. The van der Waals surface area contributed by atoms with E-state index in [2.05, 4.69) is 9.71 Å². The first-order chi connectivity index (χ1) is 12.8. The van der Waals surface area contributed by atoms with E-state index in [-0.39, 0.29) is 12.4 Å². The second-order valence-corrected chi connectivity index (χ2v) is 9.27. The van der Waals surface area contributed by atoms with Crippen LogP contribution in [-0.2, 0) is 16.4 Å². The molecule has 2 aromatic carbocycles. The number of nitrogens with zero attached hydrogens (tertiary/aromatic N) is 1. The summed E-state index contributed by atoms with van der Waals surface area (Å²) < 4.78 is 41.2. The monoisotopic (exact) mass is 404 g/mol. The number of sulfonamides is 1. The maximum absolute atomic E-state index is 13.4. The molecule has 0 aliphatic rings. The van der Waals surface area contributed by atoms with Gasteiger partial charge in [-0.1, -0.05) is 29.8 Å². The van der Waals surface area contributed by atoms with Crippen molar-refractivity contribution in [2.45, 2.75) is 32.1 Å². The maximum atomic E-state index is 13.4. The predicted molar refractivity (Wildman–Crippen MR) is 107 cm³/mol. The van der Waals surface area contributed by atoms with E-state index < -0.39 is 10.0 Å². The summed E-state index contributed by atoms with van der Waals surface area (Å²) >= 11 is 1.46. The van der Waals surface area contributed by atoms with E-state index in [1.54, 1.807) is 25.1 Å². The van der Waals surface area contributed by atoms with Gasteiger partial charge in [0.1, 0.15) is 10.8 Å². The molecule has 3 aromatic rings. The third-order valence-electron chi connectivity index (χ3n) is 4.23. The van der Waals surface area contributed by atoms with Gasteiger partial charge in [-0.2, -0.15) is 0 Å². The van der Waals surface area contributed by atoms with Crippen LogP contribution in [0, 0.1) is 26.6 Å². The number of aromatic nitrogens is 1. The highest BCUT2D eigenvalue weighted by molar-refractivity contribution is 7.89. The molecular formula is C20H21FN2O2S2. The van der Waals surface area contributed by atoms with Crippen LogP contribution in [0.1, 0.15) is 21.7 Å². The highest BCUT2D eigenvalue weighted by atomic mass is 32.2. The molecule has 0 amide bonds. The molecule has 0 bridgehead atoms. The number of benzene rings is 2. The van der Waals surface area contributed by atoms with Crippen LogP contribution < -0.4 is 4.72 Å². The minimum Gasteiger partial charge on any atom is -0.241 e. The highest BCUT2D eigenvalue weighted by Gasteiger charge is 2.17. The lowest BCUT2D eigenvalue weighted by Crippen LogP contribution is -2.26. The summed E-state index contributed by atoms with van der Waals surface area (Å²) in [6.45, 7) is 5.88. The minimum absolute atomic E-state index is 0.279. The molecule has 0 atom stereocenters. The molecule has 0 saturated heterocycles. The van der Waals surface area contributed by atoms with Crippen LogP contribution in [0.15, 0.2) is 47.4 Å². The zero-order valence-electron chi connectivity index (χ0n) is 15.4. The summed E-state index contributed by atoms with van der Waals surface area (Å²) in [4.78, 5) is 5.78. The van der Waals surface area contributed by atoms with E-state index in [1.807, 2.05) is 26.0 Å². The summed E-state index contributed by atoms with van der Waals surface area (Å²) in [7, 11) is -3.56. The normalized spacial score (nSPS) is 11.7. The SMILES string of the molecule is Cc1ccc(S(=O)(=O)NCCc2sc(-c3cccc(F)c3)nc2C)c(C)c1. The zero-order valence-corrected chi connectivity index (χ0v) is 17.0. The lowest BCUT2D eigenvalue weighted by Gasteiger charge is -2.09. The number of rotatable bonds is 6. The fourth-order valence-corrected chi connectivity index (χ4v) is 5.20. The first-order valence-corrected chi connectivity index (χ1v) is 10.9. The minimum atomic E-state index is -3.56. The van der Waals surface area contributed by atoms with Crippen LogP contribution in [0.4, 0.5) is 4.39 Å². The molecule has 0 spiro atoms. The number of nitrogens with one attached hydrogen (secondary N) is 1. The second-order valence-electron chi connectivity index (χ2n) is 6.45. The Balaban J connectivity index is 1.70. The number of hydrogen-bond donors (Lipinski definition) is 1. The molecule has 1 N–H and O–H groups in total. The Morgan fingerprint density at radius 1 is 1.11 bits per heavy atom. The summed E-state index contributed by atoms with van der Waals surface area (Å²) in [5.41, 5.74) is 3.32. The molecule has 0 fully saturated rings. The lowest BCUT2D eigenvalue weighted by atomic mass is 10.2. The summed E-state index contributed by atoms with van der Waals surface area (Å²) in [6, 6.07) is 11.6. The Morgan fingerprint density at radius 2 is 1.89 bits per heavy atom. The van der Waals surface area contributed by atoms with Gasteiger partial charge in [-0.3, -0.25) is 0 Å². The van der Waals surface area contributed by atoms with Crippen molar-refractivity contribution in [1.82, 2.24) is 9.71 Å². The molecule has 0 saturated carbocycles. The van der Waals surface area contributed by atoms with E-state index >= 15 is 0 Å². The van der Waals surface area contributed by atoms with Crippen molar-refractivity contribution >= 4 is 21.4 Å². The molecule has 1 heterocycles. The number of halogens is 1. The van der Waals surface area contributed by atoms with E-state index in [1.165, 1.54) is 23.5 Å².